The summed E-state index contributed by atoms with van der Waals surface area (Å²) in [5.41, 5.74) is 0.759. The number of ether oxygens (including phenoxy) is 1. The molecule has 2 aromatic rings. The molecule has 8 heteroatoms. The fraction of sp³-hybridized carbons (Fsp3) is 0.435. The molecule has 2 amide bonds. The van der Waals surface area contributed by atoms with Crippen LogP contribution in [0.4, 0.5) is 5.69 Å². The van der Waals surface area contributed by atoms with E-state index in [4.69, 9.17) is 16.3 Å². The topological polar surface area (TPSA) is 74.8 Å². The predicted octanol–water partition coefficient (Wildman–Crippen LogP) is 3.73. The van der Waals surface area contributed by atoms with Crippen LogP contribution in [0, 0.1) is 5.92 Å². The highest BCUT2D eigenvalue weighted by molar-refractivity contribution is 6.31. The zero-order valence-electron chi connectivity index (χ0n) is 17.6. The number of hydrogen-bond donors (Lipinski definition) is 1. The molecule has 7 nitrogen and oxygen atoms in total. The zero-order valence-corrected chi connectivity index (χ0v) is 18.4. The second-order valence-electron chi connectivity index (χ2n) is 8.21. The Bertz CT molecular complexity index is 968. The standard InChI is InChI=1S/C23H27ClN4O3/c1-16-5-3-11-27(14-16)12-4-10-25-21(29)15-28-19-13-17(24)7-8-20(19)31-22-18(23(28)30)6-2-9-26-22/h2,6-9,13,16H,3-5,10-12,14-15H2,1H3,(H,25,29)/t16-/m0/s1. The summed E-state index contributed by atoms with van der Waals surface area (Å²) in [7, 11) is 0. The summed E-state index contributed by atoms with van der Waals surface area (Å²) in [4.78, 5) is 33.9. The first kappa shape index (κ1) is 21.6. The molecule has 1 fully saturated rings. The molecule has 0 radical (unpaired) electrons. The summed E-state index contributed by atoms with van der Waals surface area (Å²) in [6.45, 7) is 5.96. The molecule has 2 aliphatic rings. The van der Waals surface area contributed by atoms with Gasteiger partial charge in [0, 0.05) is 24.3 Å². The molecule has 31 heavy (non-hydrogen) atoms. The molecular formula is C23H27ClN4O3. The van der Waals surface area contributed by atoms with E-state index in [1.54, 1.807) is 36.5 Å². The Labute approximate surface area is 187 Å². The summed E-state index contributed by atoms with van der Waals surface area (Å²) >= 11 is 6.16. The van der Waals surface area contributed by atoms with E-state index in [1.165, 1.54) is 17.7 Å². The fourth-order valence-corrected chi connectivity index (χ4v) is 4.32. The summed E-state index contributed by atoms with van der Waals surface area (Å²) in [5.74, 6) is 0.820. The molecule has 3 heterocycles. The highest BCUT2D eigenvalue weighted by atomic mass is 35.5. The lowest BCUT2D eigenvalue weighted by molar-refractivity contribution is -0.119. The molecule has 164 valence electrons. The maximum Gasteiger partial charge on any atom is 0.264 e. The fourth-order valence-electron chi connectivity index (χ4n) is 4.16. The van der Waals surface area contributed by atoms with Crippen molar-refractivity contribution in [1.29, 1.82) is 0 Å². The van der Waals surface area contributed by atoms with Crippen molar-refractivity contribution in [3.05, 3.63) is 47.1 Å². The van der Waals surface area contributed by atoms with E-state index in [0.29, 0.717) is 28.6 Å². The average molecular weight is 443 g/mol. The molecular weight excluding hydrogens is 416 g/mol. The summed E-state index contributed by atoms with van der Waals surface area (Å²) in [5, 5.41) is 3.40. The van der Waals surface area contributed by atoms with Gasteiger partial charge in [0.25, 0.3) is 5.91 Å². The lowest BCUT2D eigenvalue weighted by Gasteiger charge is -2.30. The van der Waals surface area contributed by atoms with Gasteiger partial charge in [-0.25, -0.2) is 4.98 Å². The number of fused-ring (bicyclic) bond motifs is 2. The van der Waals surface area contributed by atoms with Gasteiger partial charge in [-0.1, -0.05) is 18.5 Å². The Hall–Kier alpha value is -2.64. The van der Waals surface area contributed by atoms with E-state index in [9.17, 15) is 9.59 Å². The van der Waals surface area contributed by atoms with Crippen LogP contribution in [-0.2, 0) is 4.79 Å². The van der Waals surface area contributed by atoms with E-state index in [-0.39, 0.29) is 24.2 Å². The van der Waals surface area contributed by atoms with Gasteiger partial charge < -0.3 is 15.0 Å². The lowest BCUT2D eigenvalue weighted by atomic mass is 10.0. The van der Waals surface area contributed by atoms with Crippen molar-refractivity contribution in [3.63, 3.8) is 0 Å². The van der Waals surface area contributed by atoms with Crippen LogP contribution in [0.25, 0.3) is 0 Å². The van der Waals surface area contributed by atoms with Crippen LogP contribution in [0.1, 0.15) is 36.5 Å². The first-order chi connectivity index (χ1) is 15.0. The third-order valence-electron chi connectivity index (χ3n) is 5.68. The van der Waals surface area contributed by atoms with Gasteiger partial charge in [-0.2, -0.15) is 0 Å². The molecule has 1 aromatic carbocycles. The number of hydrogen-bond acceptors (Lipinski definition) is 5. The number of benzene rings is 1. The second-order valence-corrected chi connectivity index (χ2v) is 8.65. The minimum Gasteiger partial charge on any atom is -0.436 e. The number of likely N-dealkylation sites (tertiary alicyclic amines) is 1. The number of aromatic nitrogens is 1. The second kappa shape index (κ2) is 9.66. The zero-order chi connectivity index (χ0) is 21.8. The van der Waals surface area contributed by atoms with Crippen molar-refractivity contribution in [2.75, 3.05) is 37.6 Å². The van der Waals surface area contributed by atoms with Crippen LogP contribution in [0.3, 0.4) is 0 Å². The van der Waals surface area contributed by atoms with Crippen LogP contribution in [0.5, 0.6) is 11.6 Å². The monoisotopic (exact) mass is 442 g/mol. The number of anilines is 1. The third kappa shape index (κ3) is 5.17. The van der Waals surface area contributed by atoms with Crippen molar-refractivity contribution in [3.8, 4) is 11.6 Å². The minimum atomic E-state index is -0.346. The summed E-state index contributed by atoms with van der Waals surface area (Å²) in [6, 6.07) is 8.30. The van der Waals surface area contributed by atoms with Crippen molar-refractivity contribution in [2.45, 2.75) is 26.2 Å². The van der Waals surface area contributed by atoms with E-state index >= 15 is 0 Å². The van der Waals surface area contributed by atoms with Gasteiger partial charge in [-0.3, -0.25) is 14.5 Å². The van der Waals surface area contributed by atoms with Gasteiger partial charge in [-0.15, -0.1) is 0 Å². The number of piperidine rings is 1. The highest BCUT2D eigenvalue weighted by Gasteiger charge is 2.30. The molecule has 0 spiro atoms. The minimum absolute atomic E-state index is 0.120. The molecule has 1 N–H and O–H groups in total. The van der Waals surface area contributed by atoms with Gasteiger partial charge in [-0.05, 0) is 68.6 Å². The number of pyridine rings is 1. The van der Waals surface area contributed by atoms with Crippen LogP contribution in [0.2, 0.25) is 5.02 Å². The van der Waals surface area contributed by atoms with Crippen LogP contribution >= 0.6 is 11.6 Å². The first-order valence-electron chi connectivity index (χ1n) is 10.7. The first-order valence-corrected chi connectivity index (χ1v) is 11.1. The molecule has 1 aromatic heterocycles. The number of halogens is 1. The number of carbonyl (C=O) groups is 2. The Morgan fingerprint density at radius 3 is 3.06 bits per heavy atom. The summed E-state index contributed by atoms with van der Waals surface area (Å²) in [6.07, 6.45) is 4.98. The lowest BCUT2D eigenvalue weighted by Crippen LogP contribution is -2.41. The van der Waals surface area contributed by atoms with Gasteiger partial charge in [0.15, 0.2) is 5.75 Å². The van der Waals surface area contributed by atoms with Crippen LogP contribution in [-0.4, -0.2) is 54.4 Å². The van der Waals surface area contributed by atoms with Gasteiger partial charge in [0.05, 0.1) is 5.69 Å². The van der Waals surface area contributed by atoms with E-state index < -0.39 is 0 Å². The molecule has 2 aliphatic heterocycles. The number of amides is 2. The molecule has 1 saturated heterocycles. The molecule has 1 atom stereocenters. The quantitative estimate of drug-likeness (QED) is 0.690. The maximum atomic E-state index is 13.2. The Morgan fingerprint density at radius 1 is 1.35 bits per heavy atom. The number of nitrogens with one attached hydrogen (secondary N) is 1. The van der Waals surface area contributed by atoms with Crippen molar-refractivity contribution in [1.82, 2.24) is 15.2 Å². The van der Waals surface area contributed by atoms with E-state index in [1.807, 2.05) is 0 Å². The Balaban J connectivity index is 1.41. The van der Waals surface area contributed by atoms with Gasteiger partial charge in [0.2, 0.25) is 11.8 Å². The van der Waals surface area contributed by atoms with E-state index in [2.05, 4.69) is 22.1 Å². The van der Waals surface area contributed by atoms with Gasteiger partial charge >= 0.3 is 0 Å². The number of nitrogens with zero attached hydrogens (tertiary/aromatic N) is 3. The van der Waals surface area contributed by atoms with Crippen molar-refractivity contribution < 1.29 is 14.3 Å². The Morgan fingerprint density at radius 2 is 2.23 bits per heavy atom. The molecule has 0 unspecified atom stereocenters. The van der Waals surface area contributed by atoms with Crippen molar-refractivity contribution in [2.24, 2.45) is 5.92 Å². The van der Waals surface area contributed by atoms with Crippen LogP contribution in [0.15, 0.2) is 36.5 Å². The predicted molar refractivity (Wildman–Crippen MR) is 120 cm³/mol. The largest absolute Gasteiger partial charge is 0.436 e. The molecule has 0 bridgehead atoms. The number of rotatable bonds is 6. The van der Waals surface area contributed by atoms with Gasteiger partial charge in [0.1, 0.15) is 12.1 Å². The normalized spacial score (nSPS) is 18.6. The van der Waals surface area contributed by atoms with Crippen molar-refractivity contribution >= 4 is 29.1 Å². The Kier molecular flexibility index (Phi) is 6.73. The smallest absolute Gasteiger partial charge is 0.264 e. The SMILES string of the molecule is C[C@H]1CCCN(CCCNC(=O)CN2C(=O)c3cccnc3Oc3ccc(Cl)cc32)C1. The molecule has 0 aliphatic carbocycles. The average Bonchev–Trinajstić information content (AvgIpc) is 2.86. The van der Waals surface area contributed by atoms with Crippen LogP contribution < -0.4 is 15.0 Å². The summed E-state index contributed by atoms with van der Waals surface area (Å²) < 4.78 is 5.84. The molecule has 4 rings (SSSR count). The van der Waals surface area contributed by atoms with E-state index in [0.717, 1.165) is 32.0 Å². The highest BCUT2D eigenvalue weighted by Crippen LogP contribution is 2.39. The molecule has 0 saturated carbocycles. The third-order valence-corrected chi connectivity index (χ3v) is 5.92. The maximum absolute atomic E-state index is 13.2. The number of carbonyl (C=O) groups excluding carboxylic acids is 2.